The van der Waals surface area contributed by atoms with Gasteiger partial charge in [0.15, 0.2) is 11.4 Å². The molecule has 0 heterocycles. The van der Waals surface area contributed by atoms with Gasteiger partial charge in [-0.15, -0.1) is 0 Å². The van der Waals surface area contributed by atoms with E-state index in [1.807, 2.05) is 0 Å². The van der Waals surface area contributed by atoms with Gasteiger partial charge in [0.05, 0.1) is 0 Å². The van der Waals surface area contributed by atoms with E-state index in [9.17, 15) is 13.2 Å². The van der Waals surface area contributed by atoms with Crippen molar-refractivity contribution >= 4 is 16.9 Å². The van der Waals surface area contributed by atoms with Crippen LogP contribution in [0, 0.1) is 11.5 Å². The summed E-state index contributed by atoms with van der Waals surface area (Å²) in [5.41, 5.74) is 0. The van der Waals surface area contributed by atoms with E-state index < -0.39 is 12.6 Å². The van der Waals surface area contributed by atoms with Crippen molar-refractivity contribution in [1.82, 2.24) is 5.32 Å². The van der Waals surface area contributed by atoms with Crippen molar-refractivity contribution in [3.05, 3.63) is 0 Å². The maximum atomic E-state index is 11.7. The number of unbranched alkanes of at least 4 members (excludes halogenated alkanes) is 1. The molecule has 86 valence electrons. The highest BCUT2D eigenvalue weighted by Gasteiger charge is 2.25. The zero-order chi connectivity index (χ0) is 11.7. The van der Waals surface area contributed by atoms with E-state index in [-0.39, 0.29) is 6.42 Å². The first-order chi connectivity index (χ1) is 6.99. The Balaban J connectivity index is 3.64. The number of amidine groups is 1. The number of aliphatic imine (C=N–C) groups is 1. The molecule has 0 aromatic carbocycles. The fourth-order valence-electron chi connectivity index (χ4n) is 0.821. The highest BCUT2D eigenvalue weighted by atomic mass is 32.2. The van der Waals surface area contributed by atoms with E-state index in [4.69, 9.17) is 5.26 Å². The Labute approximate surface area is 90.8 Å². The summed E-state index contributed by atoms with van der Waals surface area (Å²) in [6.45, 7) is 0.306. The number of nitrogens with one attached hydrogen (secondary N) is 1. The number of rotatable bonds is 4. The number of hydrogen-bond donors (Lipinski definition) is 1. The van der Waals surface area contributed by atoms with Crippen molar-refractivity contribution < 1.29 is 13.2 Å². The van der Waals surface area contributed by atoms with E-state index in [1.165, 1.54) is 11.8 Å². The Morgan fingerprint density at radius 1 is 1.47 bits per heavy atom. The lowest BCUT2D eigenvalue weighted by atomic mass is 10.2. The largest absolute Gasteiger partial charge is 0.389 e. The van der Waals surface area contributed by atoms with Gasteiger partial charge < -0.3 is 0 Å². The zero-order valence-corrected chi connectivity index (χ0v) is 9.08. The topological polar surface area (TPSA) is 48.2 Å². The molecule has 0 atom stereocenters. The van der Waals surface area contributed by atoms with Crippen LogP contribution in [-0.2, 0) is 0 Å². The maximum absolute atomic E-state index is 11.7. The Hall–Kier alpha value is -0.900. The SMILES string of the molecule is CSC(=NCCCCC(F)(F)F)NC#N. The summed E-state index contributed by atoms with van der Waals surface area (Å²) >= 11 is 1.25. The minimum Gasteiger partial charge on any atom is -0.272 e. The first-order valence-electron chi connectivity index (χ1n) is 4.30. The molecule has 1 N–H and O–H groups in total. The lowest BCUT2D eigenvalue weighted by molar-refractivity contribution is -0.135. The number of alkyl halides is 3. The average molecular weight is 239 g/mol. The molecule has 0 aliphatic carbocycles. The molecular weight excluding hydrogens is 227 g/mol. The molecular formula is C8H12F3N3S. The van der Waals surface area contributed by atoms with E-state index in [0.29, 0.717) is 18.1 Å². The third-order valence-corrected chi connectivity index (χ3v) is 2.10. The van der Waals surface area contributed by atoms with Crippen molar-refractivity contribution in [3.8, 4) is 6.19 Å². The molecule has 0 bridgehead atoms. The van der Waals surface area contributed by atoms with Gasteiger partial charge in [-0.25, -0.2) is 0 Å². The van der Waals surface area contributed by atoms with Crippen LogP contribution in [0.3, 0.4) is 0 Å². The molecule has 0 aromatic rings. The first-order valence-corrected chi connectivity index (χ1v) is 5.52. The molecule has 0 amide bonds. The monoisotopic (exact) mass is 239 g/mol. The highest BCUT2D eigenvalue weighted by molar-refractivity contribution is 8.13. The van der Waals surface area contributed by atoms with Gasteiger partial charge in [-0.3, -0.25) is 10.3 Å². The minimum absolute atomic E-state index is 0.0706. The molecule has 0 spiro atoms. The van der Waals surface area contributed by atoms with Gasteiger partial charge in [0.1, 0.15) is 0 Å². The smallest absolute Gasteiger partial charge is 0.272 e. The maximum Gasteiger partial charge on any atom is 0.389 e. The Kier molecular flexibility index (Phi) is 6.96. The van der Waals surface area contributed by atoms with Crippen molar-refractivity contribution in [1.29, 1.82) is 5.26 Å². The predicted molar refractivity (Wildman–Crippen MR) is 54.5 cm³/mol. The van der Waals surface area contributed by atoms with E-state index in [2.05, 4.69) is 10.3 Å². The Morgan fingerprint density at radius 3 is 2.60 bits per heavy atom. The van der Waals surface area contributed by atoms with Gasteiger partial charge >= 0.3 is 6.18 Å². The normalized spacial score (nSPS) is 12.3. The third kappa shape index (κ3) is 9.41. The van der Waals surface area contributed by atoms with Crippen molar-refractivity contribution in [2.45, 2.75) is 25.4 Å². The van der Waals surface area contributed by atoms with Crippen molar-refractivity contribution in [2.24, 2.45) is 4.99 Å². The van der Waals surface area contributed by atoms with Crippen LogP contribution in [-0.4, -0.2) is 24.1 Å². The van der Waals surface area contributed by atoms with E-state index in [1.54, 1.807) is 12.4 Å². The molecule has 0 aromatic heterocycles. The molecule has 0 rings (SSSR count). The summed E-state index contributed by atoms with van der Waals surface area (Å²) in [6, 6.07) is 0. The molecule has 7 heteroatoms. The van der Waals surface area contributed by atoms with Gasteiger partial charge in [0.2, 0.25) is 0 Å². The summed E-state index contributed by atoms with van der Waals surface area (Å²) in [5, 5.41) is 11.0. The predicted octanol–water partition coefficient (Wildman–Crippen LogP) is 2.51. The van der Waals surface area contributed by atoms with Crippen LogP contribution >= 0.6 is 11.8 Å². The summed E-state index contributed by atoms with van der Waals surface area (Å²) in [4.78, 5) is 3.93. The van der Waals surface area contributed by atoms with Crippen LogP contribution in [0.1, 0.15) is 19.3 Å². The summed E-state index contributed by atoms with van der Waals surface area (Å²) in [6.07, 6.45) is -0.982. The Morgan fingerprint density at radius 2 is 2.13 bits per heavy atom. The average Bonchev–Trinajstić information content (AvgIpc) is 2.14. The minimum atomic E-state index is -4.09. The number of halogens is 3. The zero-order valence-electron chi connectivity index (χ0n) is 8.26. The second-order valence-electron chi connectivity index (χ2n) is 2.70. The second-order valence-corrected chi connectivity index (χ2v) is 3.50. The lowest BCUT2D eigenvalue weighted by Gasteiger charge is -2.04. The van der Waals surface area contributed by atoms with E-state index >= 15 is 0 Å². The van der Waals surface area contributed by atoms with Crippen LogP contribution in [0.5, 0.6) is 0 Å². The third-order valence-electron chi connectivity index (χ3n) is 1.48. The van der Waals surface area contributed by atoms with Crippen molar-refractivity contribution in [3.63, 3.8) is 0 Å². The summed E-state index contributed by atoms with van der Waals surface area (Å²) in [7, 11) is 0. The lowest BCUT2D eigenvalue weighted by Crippen LogP contribution is -2.13. The quantitative estimate of drug-likeness (QED) is 0.269. The molecule has 0 fully saturated rings. The van der Waals surface area contributed by atoms with Gasteiger partial charge in [-0.2, -0.15) is 18.4 Å². The molecule has 3 nitrogen and oxygen atoms in total. The van der Waals surface area contributed by atoms with Gasteiger partial charge in [0.25, 0.3) is 0 Å². The van der Waals surface area contributed by atoms with Crippen LogP contribution in [0.25, 0.3) is 0 Å². The summed E-state index contributed by atoms with van der Waals surface area (Å²) in [5.74, 6) is 0. The van der Waals surface area contributed by atoms with Crippen LogP contribution < -0.4 is 5.32 Å². The number of thioether (sulfide) groups is 1. The van der Waals surface area contributed by atoms with Gasteiger partial charge in [-0.05, 0) is 19.1 Å². The van der Waals surface area contributed by atoms with Crippen LogP contribution in [0.2, 0.25) is 0 Å². The summed E-state index contributed by atoms with van der Waals surface area (Å²) < 4.78 is 35.2. The molecule has 15 heavy (non-hydrogen) atoms. The molecule has 0 saturated heterocycles. The van der Waals surface area contributed by atoms with Gasteiger partial charge in [0, 0.05) is 13.0 Å². The molecule has 0 radical (unpaired) electrons. The van der Waals surface area contributed by atoms with Gasteiger partial charge in [-0.1, -0.05) is 11.8 Å². The van der Waals surface area contributed by atoms with E-state index in [0.717, 1.165) is 0 Å². The first kappa shape index (κ1) is 14.1. The Bertz CT molecular complexity index is 244. The van der Waals surface area contributed by atoms with Crippen LogP contribution in [0.15, 0.2) is 4.99 Å². The second kappa shape index (κ2) is 7.40. The number of nitriles is 1. The van der Waals surface area contributed by atoms with Crippen molar-refractivity contribution in [2.75, 3.05) is 12.8 Å². The fraction of sp³-hybridized carbons (Fsp3) is 0.750. The van der Waals surface area contributed by atoms with Crippen LogP contribution in [0.4, 0.5) is 13.2 Å². The number of nitrogens with zero attached hydrogens (tertiary/aromatic N) is 2. The highest BCUT2D eigenvalue weighted by Crippen LogP contribution is 2.21. The molecule has 0 aliphatic rings. The fourth-order valence-corrected chi connectivity index (χ4v) is 1.19. The molecule has 0 aliphatic heterocycles. The standard InChI is InChI=1S/C8H12F3N3S/c1-15-7(14-6-12)13-5-3-2-4-8(9,10)11/h2-5H2,1H3,(H,13,14). The molecule has 0 saturated carbocycles. The molecule has 0 unspecified atom stereocenters. The number of hydrogen-bond acceptors (Lipinski definition) is 3.